The molecule has 0 bridgehead atoms. The quantitative estimate of drug-likeness (QED) is 0.601. The van der Waals surface area contributed by atoms with Crippen molar-refractivity contribution < 1.29 is 14.0 Å². The second kappa shape index (κ2) is 4.62. The van der Waals surface area contributed by atoms with Gasteiger partial charge in [0.1, 0.15) is 11.5 Å². The minimum atomic E-state index is -0.428. The largest absolute Gasteiger partial charge is 0.469 e. The Morgan fingerprint density at radius 3 is 2.68 bits per heavy atom. The van der Waals surface area contributed by atoms with Gasteiger partial charge in [0, 0.05) is 6.42 Å². The first-order chi connectivity index (χ1) is 9.11. The Morgan fingerprint density at radius 1 is 1.32 bits per heavy atom. The molecule has 0 radical (unpaired) electrons. The lowest BCUT2D eigenvalue weighted by atomic mass is 9.66. The van der Waals surface area contributed by atoms with E-state index >= 15 is 0 Å². The van der Waals surface area contributed by atoms with Crippen molar-refractivity contribution in [3.63, 3.8) is 0 Å². The molecule has 1 aromatic heterocycles. The number of ketones is 2. The van der Waals surface area contributed by atoms with Crippen molar-refractivity contribution in [3.05, 3.63) is 23.7 Å². The molecule has 2 aliphatic carbocycles. The molecule has 1 unspecified atom stereocenters. The first kappa shape index (κ1) is 12.6. The van der Waals surface area contributed by atoms with E-state index in [-0.39, 0.29) is 17.0 Å². The Morgan fingerprint density at radius 2 is 2.05 bits per heavy atom. The maximum absolute atomic E-state index is 12.6. The lowest BCUT2D eigenvalue weighted by molar-refractivity contribution is -0.125. The average molecular weight is 260 g/mol. The van der Waals surface area contributed by atoms with Crippen LogP contribution in [0.25, 0.3) is 0 Å². The van der Waals surface area contributed by atoms with Crippen molar-refractivity contribution in [2.75, 3.05) is 0 Å². The van der Waals surface area contributed by atoms with Gasteiger partial charge in [-0.05, 0) is 44.1 Å². The highest BCUT2D eigenvalue weighted by Crippen LogP contribution is 2.50. The average Bonchev–Trinajstić information content (AvgIpc) is 3.02. The van der Waals surface area contributed by atoms with Gasteiger partial charge in [-0.3, -0.25) is 9.59 Å². The number of hydrogen-bond donors (Lipinski definition) is 0. The van der Waals surface area contributed by atoms with Crippen LogP contribution >= 0.6 is 0 Å². The van der Waals surface area contributed by atoms with Crippen molar-refractivity contribution >= 4 is 11.6 Å². The fraction of sp³-hybridized carbons (Fsp3) is 0.625. The first-order valence-electron chi connectivity index (χ1n) is 7.22. The Kier molecular flexibility index (Phi) is 3.08. The summed E-state index contributed by atoms with van der Waals surface area (Å²) in [6, 6.07) is 1.70. The van der Waals surface area contributed by atoms with E-state index in [0.29, 0.717) is 17.7 Å². The molecule has 3 rings (SSSR count). The number of furan rings is 1. The molecule has 1 spiro atoms. The van der Waals surface area contributed by atoms with E-state index in [2.05, 4.69) is 0 Å². The second-order valence-electron chi connectivity index (χ2n) is 6.18. The lowest BCUT2D eigenvalue weighted by Gasteiger charge is -2.36. The van der Waals surface area contributed by atoms with Gasteiger partial charge in [-0.15, -0.1) is 0 Å². The maximum atomic E-state index is 12.6. The summed E-state index contributed by atoms with van der Waals surface area (Å²) in [6.45, 7) is 1.78. The molecule has 1 heterocycles. The van der Waals surface area contributed by atoms with Gasteiger partial charge in [0.2, 0.25) is 0 Å². The van der Waals surface area contributed by atoms with E-state index in [9.17, 15) is 9.59 Å². The third-order valence-electron chi connectivity index (χ3n) is 5.03. The van der Waals surface area contributed by atoms with E-state index in [1.54, 1.807) is 13.0 Å². The van der Waals surface area contributed by atoms with E-state index in [0.717, 1.165) is 12.8 Å². The van der Waals surface area contributed by atoms with Crippen molar-refractivity contribution in [3.8, 4) is 0 Å². The van der Waals surface area contributed by atoms with Crippen molar-refractivity contribution in [2.45, 2.75) is 51.9 Å². The summed E-state index contributed by atoms with van der Waals surface area (Å²) in [6.07, 6.45) is 8.73. The van der Waals surface area contributed by atoms with Crippen LogP contribution in [0.1, 0.15) is 61.1 Å². The molecule has 2 fully saturated rings. The van der Waals surface area contributed by atoms with Crippen LogP contribution in [0.5, 0.6) is 0 Å². The summed E-state index contributed by atoms with van der Waals surface area (Å²) < 4.78 is 5.20. The highest BCUT2D eigenvalue weighted by molar-refractivity contribution is 6.11. The monoisotopic (exact) mass is 260 g/mol. The third-order valence-corrected chi connectivity index (χ3v) is 5.03. The minimum Gasteiger partial charge on any atom is -0.469 e. The van der Waals surface area contributed by atoms with Crippen LogP contribution in [0.2, 0.25) is 0 Å². The van der Waals surface area contributed by atoms with Crippen LogP contribution in [0.3, 0.4) is 0 Å². The molecule has 3 nitrogen and oxygen atoms in total. The molecular weight excluding hydrogens is 240 g/mol. The SMILES string of the molecule is Cc1occc1C(=O)C1CC2(CCCC2)CCC1=O. The molecule has 0 aromatic carbocycles. The predicted molar refractivity (Wildman–Crippen MR) is 71.0 cm³/mol. The molecule has 1 atom stereocenters. The number of aryl methyl sites for hydroxylation is 1. The molecule has 2 aliphatic rings. The van der Waals surface area contributed by atoms with Gasteiger partial charge in [-0.2, -0.15) is 0 Å². The fourth-order valence-electron chi connectivity index (χ4n) is 3.86. The van der Waals surface area contributed by atoms with Crippen LogP contribution in [-0.2, 0) is 4.79 Å². The first-order valence-corrected chi connectivity index (χ1v) is 7.22. The number of carbonyl (C=O) groups excluding carboxylic acids is 2. The molecule has 0 N–H and O–H groups in total. The summed E-state index contributed by atoms with van der Waals surface area (Å²) in [5.74, 6) is 0.303. The summed E-state index contributed by atoms with van der Waals surface area (Å²) in [5.41, 5.74) is 0.861. The van der Waals surface area contributed by atoms with Gasteiger partial charge >= 0.3 is 0 Å². The Labute approximate surface area is 113 Å². The molecule has 3 heteroatoms. The van der Waals surface area contributed by atoms with Gasteiger partial charge in [0.05, 0.1) is 17.7 Å². The van der Waals surface area contributed by atoms with E-state index in [4.69, 9.17) is 4.42 Å². The van der Waals surface area contributed by atoms with Gasteiger partial charge in [0.25, 0.3) is 0 Å². The molecule has 0 saturated heterocycles. The van der Waals surface area contributed by atoms with Crippen molar-refractivity contribution in [1.29, 1.82) is 0 Å². The summed E-state index contributed by atoms with van der Waals surface area (Å²) in [5, 5.41) is 0. The van der Waals surface area contributed by atoms with Crippen LogP contribution in [0.4, 0.5) is 0 Å². The van der Waals surface area contributed by atoms with Crippen LogP contribution < -0.4 is 0 Å². The standard InChI is InChI=1S/C16H20O3/c1-11-12(5-9-19-11)15(18)13-10-16(6-2-3-7-16)8-4-14(13)17/h5,9,13H,2-4,6-8,10H2,1H3. The second-order valence-corrected chi connectivity index (χ2v) is 6.18. The normalized spacial score (nSPS) is 25.9. The van der Waals surface area contributed by atoms with E-state index in [1.807, 2.05) is 0 Å². The Balaban J connectivity index is 1.84. The van der Waals surface area contributed by atoms with Crippen molar-refractivity contribution in [1.82, 2.24) is 0 Å². The van der Waals surface area contributed by atoms with Crippen LogP contribution in [0, 0.1) is 18.3 Å². The number of hydrogen-bond acceptors (Lipinski definition) is 3. The number of Topliss-reactive ketones (excluding diaryl/α,β-unsaturated/α-hetero) is 2. The van der Waals surface area contributed by atoms with Gasteiger partial charge in [-0.25, -0.2) is 0 Å². The number of carbonyl (C=O) groups is 2. The maximum Gasteiger partial charge on any atom is 0.176 e. The fourth-order valence-corrected chi connectivity index (χ4v) is 3.86. The molecular formula is C16H20O3. The van der Waals surface area contributed by atoms with E-state index in [1.165, 1.54) is 31.9 Å². The molecule has 0 aliphatic heterocycles. The smallest absolute Gasteiger partial charge is 0.176 e. The molecule has 0 amide bonds. The zero-order valence-corrected chi connectivity index (χ0v) is 11.4. The van der Waals surface area contributed by atoms with Crippen LogP contribution in [0.15, 0.2) is 16.7 Å². The highest BCUT2D eigenvalue weighted by Gasteiger charge is 2.44. The van der Waals surface area contributed by atoms with Crippen molar-refractivity contribution in [2.24, 2.45) is 11.3 Å². The summed E-state index contributed by atoms with van der Waals surface area (Å²) >= 11 is 0. The molecule has 19 heavy (non-hydrogen) atoms. The lowest BCUT2D eigenvalue weighted by Crippen LogP contribution is -2.36. The number of rotatable bonds is 2. The summed E-state index contributed by atoms with van der Waals surface area (Å²) in [4.78, 5) is 24.7. The summed E-state index contributed by atoms with van der Waals surface area (Å²) in [7, 11) is 0. The highest BCUT2D eigenvalue weighted by atomic mass is 16.3. The zero-order valence-electron chi connectivity index (χ0n) is 11.4. The molecule has 102 valence electrons. The van der Waals surface area contributed by atoms with E-state index < -0.39 is 5.92 Å². The predicted octanol–water partition coefficient (Wildman–Crippen LogP) is 3.70. The molecule has 2 saturated carbocycles. The third kappa shape index (κ3) is 2.15. The Bertz CT molecular complexity index is 506. The minimum absolute atomic E-state index is 0.0257. The van der Waals surface area contributed by atoms with Gasteiger partial charge in [0.15, 0.2) is 5.78 Å². The topological polar surface area (TPSA) is 47.3 Å². The van der Waals surface area contributed by atoms with Gasteiger partial charge in [-0.1, -0.05) is 12.8 Å². The zero-order chi connectivity index (χ0) is 13.5. The Hall–Kier alpha value is -1.38. The van der Waals surface area contributed by atoms with Gasteiger partial charge < -0.3 is 4.42 Å². The molecule has 1 aromatic rings. The van der Waals surface area contributed by atoms with Crippen LogP contribution in [-0.4, -0.2) is 11.6 Å².